The van der Waals surface area contributed by atoms with Crippen LogP contribution in [0, 0.1) is 11.8 Å². The third-order valence-corrected chi connectivity index (χ3v) is 2.79. The lowest BCUT2D eigenvalue weighted by molar-refractivity contribution is -0.143. The molecule has 1 rings (SSSR count). The van der Waals surface area contributed by atoms with E-state index in [-0.39, 0.29) is 17.7 Å². The van der Waals surface area contributed by atoms with Gasteiger partial charge in [-0.1, -0.05) is 32.6 Å². The highest BCUT2D eigenvalue weighted by atomic mass is 16.5. The molecule has 0 aromatic heterocycles. The Morgan fingerprint density at radius 1 is 1.36 bits per heavy atom. The van der Waals surface area contributed by atoms with Crippen molar-refractivity contribution in [3.05, 3.63) is 0 Å². The lowest BCUT2D eigenvalue weighted by Gasteiger charge is -1.97. The molecule has 0 heterocycles. The van der Waals surface area contributed by atoms with E-state index < -0.39 is 5.92 Å². The molecule has 0 aliphatic heterocycles. The summed E-state index contributed by atoms with van der Waals surface area (Å²) in [5.74, 6) is -0.732. The lowest BCUT2D eigenvalue weighted by atomic mass is 10.1. The van der Waals surface area contributed by atoms with Crippen molar-refractivity contribution in [2.24, 2.45) is 11.8 Å². The van der Waals surface area contributed by atoms with E-state index in [9.17, 15) is 9.59 Å². The number of ketones is 1. The van der Waals surface area contributed by atoms with Crippen LogP contribution in [0.3, 0.4) is 0 Å². The molecule has 0 spiro atoms. The predicted octanol–water partition coefficient (Wildman–Crippen LogP) is 1.94. The maximum absolute atomic E-state index is 11.2. The van der Waals surface area contributed by atoms with Crippen molar-refractivity contribution in [1.82, 2.24) is 0 Å². The van der Waals surface area contributed by atoms with Crippen LogP contribution in [0.15, 0.2) is 0 Å². The number of hydrogen-bond acceptors (Lipinski definition) is 3. The van der Waals surface area contributed by atoms with Gasteiger partial charge in [0.05, 0.1) is 7.11 Å². The number of ether oxygens (including phenoxy) is 1. The molecular weight excluding hydrogens is 180 g/mol. The topological polar surface area (TPSA) is 43.4 Å². The van der Waals surface area contributed by atoms with E-state index in [1.54, 1.807) is 0 Å². The largest absolute Gasteiger partial charge is 0.468 e. The van der Waals surface area contributed by atoms with Gasteiger partial charge in [-0.25, -0.2) is 0 Å². The molecule has 2 atom stereocenters. The summed E-state index contributed by atoms with van der Waals surface area (Å²) in [6.07, 6.45) is 5.48. The number of esters is 1. The van der Waals surface area contributed by atoms with Crippen molar-refractivity contribution in [3.63, 3.8) is 0 Å². The third-order valence-electron chi connectivity index (χ3n) is 2.79. The summed E-state index contributed by atoms with van der Waals surface area (Å²) in [6.45, 7) is 2.15. The SMILES string of the molecule is CCCCCCC1C(=O)C1C(=O)OC. The Balaban J connectivity index is 2.16. The monoisotopic (exact) mass is 198 g/mol. The quantitative estimate of drug-likeness (QED) is 0.372. The van der Waals surface area contributed by atoms with Gasteiger partial charge in [-0.15, -0.1) is 0 Å². The fourth-order valence-corrected chi connectivity index (χ4v) is 1.80. The summed E-state index contributed by atoms with van der Waals surface area (Å²) in [6, 6.07) is 0. The highest BCUT2D eigenvalue weighted by Crippen LogP contribution is 2.38. The van der Waals surface area contributed by atoms with Crippen LogP contribution in [0.2, 0.25) is 0 Å². The standard InChI is InChI=1S/C11H18O3/c1-3-4-5-6-7-8-9(10(8)12)11(13)14-2/h8-9H,3-7H2,1-2H3. The minimum Gasteiger partial charge on any atom is -0.468 e. The number of methoxy groups -OCH3 is 1. The molecule has 0 radical (unpaired) electrons. The zero-order valence-electron chi connectivity index (χ0n) is 8.91. The van der Waals surface area contributed by atoms with Gasteiger partial charge < -0.3 is 4.74 Å². The second-order valence-corrected chi connectivity index (χ2v) is 3.86. The third kappa shape index (κ3) is 2.56. The van der Waals surface area contributed by atoms with Crippen LogP contribution in [0.1, 0.15) is 39.0 Å². The Kier molecular flexibility index (Phi) is 4.11. The summed E-state index contributed by atoms with van der Waals surface area (Å²) >= 11 is 0. The molecule has 0 amide bonds. The average Bonchev–Trinajstić information content (AvgIpc) is 2.83. The average molecular weight is 198 g/mol. The van der Waals surface area contributed by atoms with E-state index in [1.165, 1.54) is 20.0 Å². The van der Waals surface area contributed by atoms with E-state index in [4.69, 9.17) is 0 Å². The summed E-state index contributed by atoms with van der Waals surface area (Å²) in [5.41, 5.74) is 0. The molecule has 14 heavy (non-hydrogen) atoms. The minimum atomic E-state index is -0.429. The van der Waals surface area contributed by atoms with Crippen LogP contribution >= 0.6 is 0 Å². The molecule has 3 nitrogen and oxygen atoms in total. The van der Waals surface area contributed by atoms with Crippen molar-refractivity contribution in [2.45, 2.75) is 39.0 Å². The molecule has 1 aliphatic rings. The van der Waals surface area contributed by atoms with Crippen LogP contribution < -0.4 is 0 Å². The fourth-order valence-electron chi connectivity index (χ4n) is 1.80. The molecule has 2 unspecified atom stereocenters. The fraction of sp³-hybridized carbons (Fsp3) is 0.818. The predicted molar refractivity (Wildman–Crippen MR) is 52.8 cm³/mol. The van der Waals surface area contributed by atoms with Gasteiger partial charge in [-0.3, -0.25) is 9.59 Å². The smallest absolute Gasteiger partial charge is 0.316 e. The lowest BCUT2D eigenvalue weighted by Crippen LogP contribution is -2.05. The zero-order chi connectivity index (χ0) is 10.6. The number of unbranched alkanes of at least 4 members (excludes halogenated alkanes) is 3. The van der Waals surface area contributed by atoms with Crippen molar-refractivity contribution < 1.29 is 14.3 Å². The molecule has 0 N–H and O–H groups in total. The summed E-state index contributed by atoms with van der Waals surface area (Å²) in [7, 11) is 1.34. The van der Waals surface area contributed by atoms with Gasteiger partial charge in [0.15, 0.2) is 5.78 Å². The Labute approximate surface area is 84.8 Å². The maximum atomic E-state index is 11.2. The Morgan fingerprint density at radius 3 is 2.64 bits per heavy atom. The molecule has 1 aliphatic carbocycles. The normalized spacial score (nSPS) is 24.9. The van der Waals surface area contributed by atoms with Crippen molar-refractivity contribution in [2.75, 3.05) is 7.11 Å². The highest BCUT2D eigenvalue weighted by Gasteiger charge is 2.54. The van der Waals surface area contributed by atoms with Gasteiger partial charge in [0.25, 0.3) is 0 Å². The first-order chi connectivity index (χ1) is 6.72. The minimum absolute atomic E-state index is 0.0284. The van der Waals surface area contributed by atoms with Gasteiger partial charge >= 0.3 is 5.97 Å². The van der Waals surface area contributed by atoms with Gasteiger partial charge in [-0.05, 0) is 6.42 Å². The Bertz CT molecular complexity index is 223. The number of Topliss-reactive ketones (excluding diaryl/α,β-unsaturated/α-hetero) is 1. The molecule has 0 aromatic rings. The number of rotatable bonds is 6. The second-order valence-electron chi connectivity index (χ2n) is 3.86. The van der Waals surface area contributed by atoms with Crippen molar-refractivity contribution in [1.29, 1.82) is 0 Å². The van der Waals surface area contributed by atoms with Crippen LogP contribution in [0.5, 0.6) is 0 Å². The summed E-state index contributed by atoms with van der Waals surface area (Å²) in [4.78, 5) is 22.2. The first-order valence-electron chi connectivity index (χ1n) is 5.34. The van der Waals surface area contributed by atoms with E-state index in [2.05, 4.69) is 11.7 Å². The molecule has 3 heteroatoms. The zero-order valence-corrected chi connectivity index (χ0v) is 8.91. The van der Waals surface area contributed by atoms with Crippen molar-refractivity contribution >= 4 is 11.8 Å². The summed E-state index contributed by atoms with van der Waals surface area (Å²) < 4.78 is 4.54. The molecule has 0 saturated heterocycles. The molecular formula is C11H18O3. The van der Waals surface area contributed by atoms with Crippen LogP contribution in [0.25, 0.3) is 0 Å². The van der Waals surface area contributed by atoms with E-state index in [1.807, 2.05) is 0 Å². The maximum Gasteiger partial charge on any atom is 0.316 e. The highest BCUT2D eigenvalue weighted by molar-refractivity contribution is 6.14. The first-order valence-corrected chi connectivity index (χ1v) is 5.34. The van der Waals surface area contributed by atoms with E-state index >= 15 is 0 Å². The van der Waals surface area contributed by atoms with Gasteiger partial charge in [0.2, 0.25) is 0 Å². The van der Waals surface area contributed by atoms with Gasteiger partial charge in [0.1, 0.15) is 5.92 Å². The van der Waals surface area contributed by atoms with E-state index in [0.717, 1.165) is 19.3 Å². The van der Waals surface area contributed by atoms with Crippen molar-refractivity contribution in [3.8, 4) is 0 Å². The molecule has 1 fully saturated rings. The van der Waals surface area contributed by atoms with Crippen LogP contribution in [0.4, 0.5) is 0 Å². The molecule has 0 bridgehead atoms. The number of carbonyl (C=O) groups excluding carboxylic acids is 2. The van der Waals surface area contributed by atoms with Crippen LogP contribution in [-0.4, -0.2) is 18.9 Å². The molecule has 80 valence electrons. The van der Waals surface area contributed by atoms with Crippen LogP contribution in [-0.2, 0) is 14.3 Å². The second kappa shape index (κ2) is 5.13. The Morgan fingerprint density at radius 2 is 2.07 bits per heavy atom. The van der Waals surface area contributed by atoms with E-state index in [0.29, 0.717) is 0 Å². The molecule has 1 saturated carbocycles. The first kappa shape index (κ1) is 11.2. The summed E-state index contributed by atoms with van der Waals surface area (Å²) in [5, 5.41) is 0. The number of carbonyl (C=O) groups is 2. The van der Waals surface area contributed by atoms with Gasteiger partial charge in [-0.2, -0.15) is 0 Å². The van der Waals surface area contributed by atoms with Gasteiger partial charge in [0, 0.05) is 5.92 Å². The Hall–Kier alpha value is -0.860. The molecule has 0 aromatic carbocycles. The number of hydrogen-bond donors (Lipinski definition) is 0.